The number of amides is 1. The van der Waals surface area contributed by atoms with Gasteiger partial charge >= 0.3 is 5.97 Å². The summed E-state index contributed by atoms with van der Waals surface area (Å²) in [7, 11) is 0. The van der Waals surface area contributed by atoms with Gasteiger partial charge in [-0.2, -0.15) is 0 Å². The average Bonchev–Trinajstić information content (AvgIpc) is 3.30. The summed E-state index contributed by atoms with van der Waals surface area (Å²) in [6.07, 6.45) is 3.52. The summed E-state index contributed by atoms with van der Waals surface area (Å²) >= 11 is 13.2. The molecule has 0 saturated heterocycles. The largest absolute Gasteiger partial charge is 0.480 e. The summed E-state index contributed by atoms with van der Waals surface area (Å²) in [5, 5.41) is 22.2. The van der Waals surface area contributed by atoms with Gasteiger partial charge in [-0.05, 0) is 17.7 Å². The molecule has 0 spiro atoms. The number of hydrogen-bond donors (Lipinski definition) is 3. The van der Waals surface area contributed by atoms with Crippen molar-refractivity contribution < 1.29 is 14.7 Å². The van der Waals surface area contributed by atoms with E-state index in [1.54, 1.807) is 22.9 Å². The fraction of sp³-hybridized carbons (Fsp3) is 0.158. The first-order valence-corrected chi connectivity index (χ1v) is 10.6. The maximum Gasteiger partial charge on any atom is 0.326 e. The minimum Gasteiger partial charge on any atom is -0.480 e. The van der Waals surface area contributed by atoms with Gasteiger partial charge in [0.25, 0.3) is 0 Å². The standard InChI is InChI=1S/C19H15Cl2N5O3S/c20-11-6-13(21)17-24-25-19(26(17)8-11)30-9-16(27)23-15(18(28)29)5-10-7-22-14-4-2-1-3-12(10)14/h1-4,6-8,15,22H,5,9H2,(H,23,27)(H,28,29)/t15-/m1/s1. The maximum atomic E-state index is 12.4. The molecule has 0 radical (unpaired) electrons. The molecule has 0 saturated carbocycles. The van der Waals surface area contributed by atoms with E-state index in [9.17, 15) is 14.7 Å². The van der Waals surface area contributed by atoms with Gasteiger partial charge in [0.05, 0.1) is 15.8 Å². The third-order valence-corrected chi connectivity index (χ3v) is 5.89. The van der Waals surface area contributed by atoms with E-state index in [0.29, 0.717) is 20.8 Å². The smallest absolute Gasteiger partial charge is 0.326 e. The monoisotopic (exact) mass is 463 g/mol. The number of aromatic amines is 1. The van der Waals surface area contributed by atoms with Crippen LogP contribution in [0.15, 0.2) is 47.9 Å². The van der Waals surface area contributed by atoms with Crippen LogP contribution in [0.25, 0.3) is 16.6 Å². The summed E-state index contributed by atoms with van der Waals surface area (Å²) in [5.41, 5.74) is 2.15. The number of carbonyl (C=O) groups excluding carboxylic acids is 1. The molecule has 0 aliphatic carbocycles. The van der Waals surface area contributed by atoms with Crippen molar-refractivity contribution >= 4 is 63.4 Å². The fourth-order valence-electron chi connectivity index (χ4n) is 3.09. The van der Waals surface area contributed by atoms with Crippen LogP contribution in [-0.4, -0.2) is 48.4 Å². The zero-order chi connectivity index (χ0) is 21.3. The average molecular weight is 464 g/mol. The lowest BCUT2D eigenvalue weighted by atomic mass is 10.1. The molecule has 11 heteroatoms. The maximum absolute atomic E-state index is 12.4. The highest BCUT2D eigenvalue weighted by molar-refractivity contribution is 7.99. The Morgan fingerprint density at radius 3 is 2.87 bits per heavy atom. The van der Waals surface area contributed by atoms with E-state index in [0.717, 1.165) is 28.2 Å². The van der Waals surface area contributed by atoms with Crippen molar-refractivity contribution in [3.63, 3.8) is 0 Å². The summed E-state index contributed by atoms with van der Waals surface area (Å²) in [4.78, 5) is 27.2. The number of halogens is 2. The molecule has 0 bridgehead atoms. The highest BCUT2D eigenvalue weighted by Crippen LogP contribution is 2.25. The summed E-state index contributed by atoms with van der Waals surface area (Å²) in [6.45, 7) is 0. The second-order valence-corrected chi connectivity index (χ2v) is 8.28. The molecular weight excluding hydrogens is 449 g/mol. The van der Waals surface area contributed by atoms with E-state index in [-0.39, 0.29) is 12.2 Å². The molecule has 3 N–H and O–H groups in total. The summed E-state index contributed by atoms with van der Waals surface area (Å²) < 4.78 is 1.59. The molecule has 0 fully saturated rings. The topological polar surface area (TPSA) is 112 Å². The number of nitrogens with zero attached hydrogens (tertiary/aromatic N) is 3. The minimum atomic E-state index is -1.11. The van der Waals surface area contributed by atoms with Crippen LogP contribution < -0.4 is 5.32 Å². The highest BCUT2D eigenvalue weighted by atomic mass is 35.5. The Bertz CT molecular complexity index is 1260. The normalized spacial score (nSPS) is 12.3. The second kappa shape index (κ2) is 8.55. The van der Waals surface area contributed by atoms with E-state index in [2.05, 4.69) is 20.5 Å². The van der Waals surface area contributed by atoms with Gasteiger partial charge in [0.2, 0.25) is 5.91 Å². The predicted molar refractivity (Wildman–Crippen MR) is 115 cm³/mol. The van der Waals surface area contributed by atoms with Gasteiger partial charge < -0.3 is 15.4 Å². The molecule has 154 valence electrons. The van der Waals surface area contributed by atoms with Crippen LogP contribution in [0.3, 0.4) is 0 Å². The van der Waals surface area contributed by atoms with E-state index in [4.69, 9.17) is 23.2 Å². The summed E-state index contributed by atoms with van der Waals surface area (Å²) in [5.74, 6) is -1.58. The van der Waals surface area contributed by atoms with Crippen LogP contribution in [0.2, 0.25) is 10.0 Å². The van der Waals surface area contributed by atoms with Gasteiger partial charge in [0.1, 0.15) is 6.04 Å². The number of nitrogens with one attached hydrogen (secondary N) is 2. The number of aromatic nitrogens is 4. The zero-order valence-electron chi connectivity index (χ0n) is 15.3. The van der Waals surface area contributed by atoms with Crippen molar-refractivity contribution in [1.82, 2.24) is 24.9 Å². The van der Waals surface area contributed by atoms with Gasteiger partial charge in [-0.3, -0.25) is 9.20 Å². The Kier molecular flexibility index (Phi) is 5.85. The van der Waals surface area contributed by atoms with Crippen LogP contribution in [0.1, 0.15) is 5.56 Å². The third kappa shape index (κ3) is 4.23. The number of rotatable bonds is 7. The van der Waals surface area contributed by atoms with Crippen LogP contribution in [-0.2, 0) is 16.0 Å². The molecule has 0 aliphatic rings. The lowest BCUT2D eigenvalue weighted by molar-refractivity contribution is -0.141. The van der Waals surface area contributed by atoms with Crippen molar-refractivity contribution in [2.75, 3.05) is 5.75 Å². The molecule has 0 aliphatic heterocycles. The number of thioether (sulfide) groups is 1. The van der Waals surface area contributed by atoms with Crippen LogP contribution in [0, 0.1) is 0 Å². The Morgan fingerprint density at radius 2 is 2.07 bits per heavy atom. The molecule has 1 amide bonds. The van der Waals surface area contributed by atoms with E-state index in [1.165, 1.54) is 0 Å². The first-order valence-electron chi connectivity index (χ1n) is 8.82. The first-order chi connectivity index (χ1) is 14.4. The number of carboxylic acid groups (broad SMARTS) is 1. The number of para-hydroxylation sites is 1. The van der Waals surface area contributed by atoms with Crippen molar-refractivity contribution in [3.05, 3.63) is 58.3 Å². The molecule has 3 heterocycles. The van der Waals surface area contributed by atoms with Gasteiger partial charge in [-0.25, -0.2) is 4.79 Å². The van der Waals surface area contributed by atoms with Crippen LogP contribution in [0.5, 0.6) is 0 Å². The molecule has 30 heavy (non-hydrogen) atoms. The number of carbonyl (C=O) groups is 2. The Balaban J connectivity index is 1.43. The number of carboxylic acids is 1. The number of pyridine rings is 1. The zero-order valence-corrected chi connectivity index (χ0v) is 17.6. The molecule has 1 atom stereocenters. The number of benzene rings is 1. The molecule has 3 aromatic heterocycles. The molecule has 0 unspecified atom stereocenters. The summed E-state index contributed by atoms with van der Waals surface area (Å²) in [6, 6.07) is 8.08. The molecule has 4 aromatic rings. The SMILES string of the molecule is O=C(CSc1nnc2c(Cl)cc(Cl)cn12)N[C@H](Cc1c[nH]c2ccccc12)C(=O)O. The van der Waals surface area contributed by atoms with Crippen LogP contribution >= 0.6 is 35.0 Å². The lowest BCUT2D eigenvalue weighted by Crippen LogP contribution is -2.43. The quantitative estimate of drug-likeness (QED) is 0.362. The third-order valence-electron chi connectivity index (χ3n) is 4.46. The number of fused-ring (bicyclic) bond motifs is 2. The lowest BCUT2D eigenvalue weighted by Gasteiger charge is -2.14. The van der Waals surface area contributed by atoms with Crippen LogP contribution in [0.4, 0.5) is 0 Å². The van der Waals surface area contributed by atoms with Crippen molar-refractivity contribution in [1.29, 1.82) is 0 Å². The second-order valence-electron chi connectivity index (χ2n) is 6.49. The molecule has 1 aromatic carbocycles. The van der Waals surface area contributed by atoms with Gasteiger partial charge in [0, 0.05) is 29.7 Å². The first kappa shape index (κ1) is 20.5. The number of hydrogen-bond acceptors (Lipinski definition) is 5. The Morgan fingerprint density at radius 1 is 1.27 bits per heavy atom. The molecule has 4 rings (SSSR count). The van der Waals surface area contributed by atoms with Gasteiger partial charge in [-0.1, -0.05) is 53.2 Å². The molecule has 8 nitrogen and oxygen atoms in total. The van der Waals surface area contributed by atoms with Gasteiger partial charge in [0.15, 0.2) is 10.8 Å². The van der Waals surface area contributed by atoms with E-state index < -0.39 is 17.9 Å². The van der Waals surface area contributed by atoms with Crippen molar-refractivity contribution in [2.45, 2.75) is 17.6 Å². The number of aliphatic carboxylic acids is 1. The Hall–Kier alpha value is -2.75. The number of H-pyrrole nitrogens is 1. The van der Waals surface area contributed by atoms with Gasteiger partial charge in [-0.15, -0.1) is 10.2 Å². The van der Waals surface area contributed by atoms with E-state index in [1.807, 2.05) is 24.3 Å². The van der Waals surface area contributed by atoms with Crippen molar-refractivity contribution in [2.24, 2.45) is 0 Å². The van der Waals surface area contributed by atoms with E-state index >= 15 is 0 Å². The highest BCUT2D eigenvalue weighted by Gasteiger charge is 2.22. The van der Waals surface area contributed by atoms with Crippen molar-refractivity contribution in [3.8, 4) is 0 Å². The Labute approximate surface area is 184 Å². The fourth-order valence-corrected chi connectivity index (χ4v) is 4.32. The predicted octanol–water partition coefficient (Wildman–Crippen LogP) is 3.42. The minimum absolute atomic E-state index is 0.0391. The molecular formula is C19H15Cl2N5O3S.